The SMILES string of the molecule is CCN1CCN(C(=O)Cn2nc(C)nc2C)[C@@H](Cc2ccc(-c3cccs3)cc2)C1=O. The maximum absolute atomic E-state index is 13.2. The number of carbonyl (C=O) groups excluding carboxylic acids is 2. The van der Waals surface area contributed by atoms with Crippen molar-refractivity contribution < 1.29 is 9.59 Å². The highest BCUT2D eigenvalue weighted by atomic mass is 32.1. The average molecular weight is 438 g/mol. The van der Waals surface area contributed by atoms with E-state index in [9.17, 15) is 9.59 Å². The molecule has 4 rings (SSSR count). The van der Waals surface area contributed by atoms with Crippen LogP contribution in [0.3, 0.4) is 0 Å². The van der Waals surface area contributed by atoms with Gasteiger partial charge in [-0.3, -0.25) is 9.59 Å². The summed E-state index contributed by atoms with van der Waals surface area (Å²) < 4.78 is 1.61. The summed E-state index contributed by atoms with van der Waals surface area (Å²) in [5.41, 5.74) is 2.20. The molecule has 0 radical (unpaired) electrons. The molecule has 0 N–H and O–H groups in total. The van der Waals surface area contributed by atoms with Gasteiger partial charge in [-0.25, -0.2) is 9.67 Å². The molecular formula is C23H27N5O2S. The van der Waals surface area contributed by atoms with Crippen LogP contribution in [0.15, 0.2) is 41.8 Å². The monoisotopic (exact) mass is 437 g/mol. The fourth-order valence-corrected chi connectivity index (χ4v) is 4.78. The number of carbonyl (C=O) groups is 2. The minimum absolute atomic E-state index is 0.0101. The molecule has 1 atom stereocenters. The Labute approximate surface area is 186 Å². The first-order chi connectivity index (χ1) is 15.0. The predicted molar refractivity (Wildman–Crippen MR) is 121 cm³/mol. The van der Waals surface area contributed by atoms with Crippen molar-refractivity contribution >= 4 is 23.2 Å². The number of thiophene rings is 1. The van der Waals surface area contributed by atoms with Gasteiger partial charge in [-0.05, 0) is 43.3 Å². The summed E-state index contributed by atoms with van der Waals surface area (Å²) in [5.74, 6) is 1.25. The smallest absolute Gasteiger partial charge is 0.245 e. The lowest BCUT2D eigenvalue weighted by Crippen LogP contribution is -2.59. The predicted octanol–water partition coefficient (Wildman–Crippen LogP) is 2.93. The van der Waals surface area contributed by atoms with Crippen molar-refractivity contribution in [3.05, 3.63) is 59.0 Å². The van der Waals surface area contributed by atoms with Crippen molar-refractivity contribution in [2.75, 3.05) is 19.6 Å². The van der Waals surface area contributed by atoms with E-state index in [1.54, 1.807) is 27.8 Å². The van der Waals surface area contributed by atoms with Crippen molar-refractivity contribution in [1.29, 1.82) is 0 Å². The number of likely N-dealkylation sites (N-methyl/N-ethyl adjacent to an activating group) is 1. The third-order valence-electron chi connectivity index (χ3n) is 5.72. The van der Waals surface area contributed by atoms with E-state index in [4.69, 9.17) is 0 Å². The Morgan fingerprint density at radius 1 is 1.16 bits per heavy atom. The van der Waals surface area contributed by atoms with Crippen LogP contribution < -0.4 is 0 Å². The molecular weight excluding hydrogens is 410 g/mol. The Hall–Kier alpha value is -3.00. The minimum atomic E-state index is -0.501. The zero-order valence-electron chi connectivity index (χ0n) is 18.1. The molecule has 3 aromatic rings. The highest BCUT2D eigenvalue weighted by molar-refractivity contribution is 7.13. The fourth-order valence-electron chi connectivity index (χ4n) is 4.05. The van der Waals surface area contributed by atoms with Gasteiger partial charge in [0.05, 0.1) is 0 Å². The van der Waals surface area contributed by atoms with Crippen LogP contribution in [-0.2, 0) is 22.6 Å². The number of amides is 2. The van der Waals surface area contributed by atoms with Gasteiger partial charge in [-0.1, -0.05) is 30.3 Å². The van der Waals surface area contributed by atoms with Gasteiger partial charge in [0.15, 0.2) is 0 Å². The summed E-state index contributed by atoms with van der Waals surface area (Å²) in [6, 6.07) is 11.9. The third kappa shape index (κ3) is 4.54. The zero-order valence-corrected chi connectivity index (χ0v) is 18.9. The Morgan fingerprint density at radius 2 is 1.94 bits per heavy atom. The standard InChI is InChI=1S/C23H27N5O2S/c1-4-26-11-12-27(22(29)15-28-17(3)24-16(2)25-28)20(23(26)30)14-18-7-9-19(10-8-18)21-6-5-13-31-21/h5-10,13,20H,4,11-12,14-15H2,1-3H3/t20-/m0/s1. The summed E-state index contributed by atoms with van der Waals surface area (Å²) in [7, 11) is 0. The quantitative estimate of drug-likeness (QED) is 0.595. The van der Waals surface area contributed by atoms with Crippen LogP contribution in [0.5, 0.6) is 0 Å². The minimum Gasteiger partial charge on any atom is -0.339 e. The molecule has 1 fully saturated rings. The summed E-state index contributed by atoms with van der Waals surface area (Å²) in [6.45, 7) is 7.45. The van der Waals surface area contributed by atoms with Gasteiger partial charge < -0.3 is 9.80 Å². The second kappa shape index (κ2) is 9.01. The number of benzene rings is 1. The van der Waals surface area contributed by atoms with Crippen LogP contribution in [0.4, 0.5) is 0 Å². The molecule has 0 unspecified atom stereocenters. The molecule has 2 amide bonds. The Bertz CT molecular complexity index is 1060. The van der Waals surface area contributed by atoms with E-state index in [2.05, 4.69) is 45.8 Å². The molecule has 0 spiro atoms. The molecule has 1 aliphatic heterocycles. The average Bonchev–Trinajstić information content (AvgIpc) is 3.40. The van der Waals surface area contributed by atoms with Crippen LogP contribution in [0.2, 0.25) is 0 Å². The largest absolute Gasteiger partial charge is 0.339 e. The van der Waals surface area contributed by atoms with Crippen LogP contribution in [0, 0.1) is 13.8 Å². The second-order valence-corrected chi connectivity index (χ2v) is 8.71. The van der Waals surface area contributed by atoms with E-state index in [1.807, 2.05) is 24.8 Å². The molecule has 0 saturated carbocycles. The lowest BCUT2D eigenvalue weighted by atomic mass is 9.99. The number of aromatic nitrogens is 3. The first-order valence-electron chi connectivity index (χ1n) is 10.6. The van der Waals surface area contributed by atoms with E-state index < -0.39 is 6.04 Å². The van der Waals surface area contributed by atoms with Crippen molar-refractivity contribution in [1.82, 2.24) is 24.6 Å². The molecule has 2 aromatic heterocycles. The third-order valence-corrected chi connectivity index (χ3v) is 6.64. The van der Waals surface area contributed by atoms with Gasteiger partial charge in [0, 0.05) is 30.9 Å². The Balaban J connectivity index is 1.54. The molecule has 1 aromatic carbocycles. The van der Waals surface area contributed by atoms with Crippen LogP contribution in [-0.4, -0.2) is 62.1 Å². The van der Waals surface area contributed by atoms with Crippen molar-refractivity contribution in [3.63, 3.8) is 0 Å². The molecule has 8 heteroatoms. The molecule has 3 heterocycles. The Kier molecular flexibility index (Phi) is 6.18. The molecule has 0 aliphatic carbocycles. The summed E-state index contributed by atoms with van der Waals surface area (Å²) >= 11 is 1.70. The maximum atomic E-state index is 13.2. The fraction of sp³-hybridized carbons (Fsp3) is 0.391. The summed E-state index contributed by atoms with van der Waals surface area (Å²) in [5, 5.41) is 6.36. The van der Waals surface area contributed by atoms with Gasteiger partial charge in [0.1, 0.15) is 24.2 Å². The van der Waals surface area contributed by atoms with E-state index in [-0.39, 0.29) is 18.4 Å². The van der Waals surface area contributed by atoms with Crippen LogP contribution in [0.1, 0.15) is 24.1 Å². The lowest BCUT2D eigenvalue weighted by Gasteiger charge is -2.40. The zero-order chi connectivity index (χ0) is 22.0. The highest BCUT2D eigenvalue weighted by Gasteiger charge is 2.37. The molecule has 31 heavy (non-hydrogen) atoms. The highest BCUT2D eigenvalue weighted by Crippen LogP contribution is 2.26. The van der Waals surface area contributed by atoms with Crippen molar-refractivity contribution in [2.45, 2.75) is 39.8 Å². The number of aryl methyl sites for hydroxylation is 2. The first kappa shape index (κ1) is 21.2. The van der Waals surface area contributed by atoms with Gasteiger partial charge in [-0.2, -0.15) is 5.10 Å². The number of hydrogen-bond donors (Lipinski definition) is 0. The Morgan fingerprint density at radius 3 is 2.55 bits per heavy atom. The molecule has 1 aliphatic rings. The summed E-state index contributed by atoms with van der Waals surface area (Å²) in [4.78, 5) is 35.3. The van der Waals surface area contributed by atoms with Crippen molar-refractivity contribution in [3.8, 4) is 10.4 Å². The number of hydrogen-bond acceptors (Lipinski definition) is 5. The van der Waals surface area contributed by atoms with Crippen LogP contribution >= 0.6 is 11.3 Å². The van der Waals surface area contributed by atoms with Crippen LogP contribution in [0.25, 0.3) is 10.4 Å². The second-order valence-electron chi connectivity index (χ2n) is 7.76. The number of nitrogens with zero attached hydrogens (tertiary/aromatic N) is 5. The maximum Gasteiger partial charge on any atom is 0.245 e. The number of rotatable bonds is 6. The molecule has 1 saturated heterocycles. The van der Waals surface area contributed by atoms with E-state index in [0.29, 0.717) is 37.7 Å². The topological polar surface area (TPSA) is 71.3 Å². The van der Waals surface area contributed by atoms with E-state index >= 15 is 0 Å². The van der Waals surface area contributed by atoms with Crippen molar-refractivity contribution in [2.24, 2.45) is 0 Å². The number of piperazine rings is 1. The molecule has 7 nitrogen and oxygen atoms in total. The van der Waals surface area contributed by atoms with Gasteiger partial charge >= 0.3 is 0 Å². The normalized spacial score (nSPS) is 16.7. The first-order valence-corrected chi connectivity index (χ1v) is 11.4. The molecule has 162 valence electrons. The molecule has 0 bridgehead atoms. The van der Waals surface area contributed by atoms with E-state index in [0.717, 1.165) is 11.1 Å². The lowest BCUT2D eigenvalue weighted by molar-refractivity contribution is -0.151. The van der Waals surface area contributed by atoms with Gasteiger partial charge in [-0.15, -0.1) is 11.3 Å². The van der Waals surface area contributed by atoms with Gasteiger partial charge in [0.2, 0.25) is 11.8 Å². The van der Waals surface area contributed by atoms with E-state index in [1.165, 1.54) is 4.88 Å². The van der Waals surface area contributed by atoms with Gasteiger partial charge in [0.25, 0.3) is 0 Å². The summed E-state index contributed by atoms with van der Waals surface area (Å²) in [6.07, 6.45) is 0.501.